The molecule has 1 aliphatic rings. The van der Waals surface area contributed by atoms with Gasteiger partial charge < -0.3 is 13.6 Å². The zero-order valence-corrected chi connectivity index (χ0v) is 19.2. The highest BCUT2D eigenvalue weighted by atomic mass is 31.3. The molecule has 0 aromatic carbocycles. The second-order valence-electron chi connectivity index (χ2n) is 4.74. The lowest BCUT2D eigenvalue weighted by atomic mass is 10.9. The van der Waals surface area contributed by atoms with Crippen molar-refractivity contribution in [1.29, 1.82) is 0 Å². The second-order valence-corrected chi connectivity index (χ2v) is 15.2. The van der Waals surface area contributed by atoms with Crippen molar-refractivity contribution in [1.82, 2.24) is 0 Å². The predicted octanol–water partition coefficient (Wildman–Crippen LogP) is 9.12. The minimum Gasteiger partial charge on any atom is -0.303 e. The summed E-state index contributed by atoms with van der Waals surface area (Å²) in [5.41, 5.74) is 0. The Morgan fingerprint density at radius 1 is 0.538 bits per heavy atom. The summed E-state index contributed by atoms with van der Waals surface area (Å²) >= 11 is 0. The van der Waals surface area contributed by atoms with Crippen LogP contribution in [0.25, 0.3) is 0 Å². The first kappa shape index (κ1) is 24.7. The summed E-state index contributed by atoms with van der Waals surface area (Å²) in [5, 5.41) is 0. The number of rotatable bonds is 6. The summed E-state index contributed by atoms with van der Waals surface area (Å²) in [4.78, 5) is 0. The lowest BCUT2D eigenvalue weighted by molar-refractivity contribution is 0.333. The molecule has 1 rings (SSSR count). The van der Waals surface area contributed by atoms with E-state index >= 15 is 4.20 Å². The topological polar surface area (TPSA) is 89.5 Å². The third kappa shape index (κ3) is 7.60. The molecule has 0 aliphatic carbocycles. The molecule has 0 spiro atoms. The quantitative estimate of drug-likeness (QED) is 0.278. The van der Waals surface area contributed by atoms with Crippen LogP contribution in [0.15, 0.2) is 22.6 Å². The molecule has 0 saturated carbocycles. The summed E-state index contributed by atoms with van der Waals surface area (Å²) in [6.45, 7) is 4.34. The maximum atomic E-state index is 15.1. The number of nitrogens with zero attached hydrogens (tertiary/aromatic N) is 5. The van der Waals surface area contributed by atoms with E-state index in [0.29, 0.717) is 13.3 Å². The van der Waals surface area contributed by atoms with Gasteiger partial charge in [-0.2, -0.15) is 34.5 Å². The van der Waals surface area contributed by atoms with Gasteiger partial charge in [0.1, 0.15) is 0 Å². The largest absolute Gasteiger partial charge is 0.387 e. The van der Waals surface area contributed by atoms with Gasteiger partial charge in [0.05, 0.1) is 19.8 Å². The molecule has 0 N–H and O–H groups in total. The number of hydrogen-bond acceptors (Lipinski definition) is 8. The fourth-order valence-electron chi connectivity index (χ4n) is 1.71. The molecule has 5 atom stereocenters. The zero-order chi connectivity index (χ0) is 20.3. The Morgan fingerprint density at radius 3 is 1.23 bits per heavy atom. The van der Waals surface area contributed by atoms with Gasteiger partial charge in [0.25, 0.3) is 0 Å². The maximum absolute atomic E-state index is 15.1. The Kier molecular flexibility index (Phi) is 8.56. The number of hydrogen-bond donors (Lipinski definition) is 0. The third-order valence-corrected chi connectivity index (χ3v) is 14.5. The van der Waals surface area contributed by atoms with E-state index in [2.05, 4.69) is 36.1 Å². The molecular formula is C8H21F5N5O3P5. The van der Waals surface area contributed by atoms with Crippen LogP contribution in [0, 0.1) is 0 Å². The van der Waals surface area contributed by atoms with Gasteiger partial charge in [0.2, 0.25) is 15.0 Å². The van der Waals surface area contributed by atoms with Crippen LogP contribution in [-0.4, -0.2) is 33.2 Å². The summed E-state index contributed by atoms with van der Waals surface area (Å²) < 4.78 is 104. The van der Waals surface area contributed by atoms with Crippen molar-refractivity contribution < 1.29 is 34.6 Å². The highest BCUT2D eigenvalue weighted by Crippen LogP contribution is 2.80. The highest BCUT2D eigenvalue weighted by molar-refractivity contribution is 7.80. The molecule has 0 aromatic heterocycles. The molecule has 0 aromatic rings. The van der Waals surface area contributed by atoms with Gasteiger partial charge in [0.15, 0.2) is 0 Å². The molecule has 1 heterocycles. The fourth-order valence-corrected chi connectivity index (χ4v) is 14.0. The van der Waals surface area contributed by atoms with E-state index in [4.69, 9.17) is 0 Å². The summed E-state index contributed by atoms with van der Waals surface area (Å²) in [6, 6.07) is 0. The van der Waals surface area contributed by atoms with Crippen LogP contribution in [0.2, 0.25) is 0 Å². The molecule has 0 radical (unpaired) electrons. The monoisotopic (exact) mass is 485 g/mol. The van der Waals surface area contributed by atoms with Gasteiger partial charge in [-0.1, -0.05) is 0 Å². The molecular weight excluding hydrogens is 464 g/mol. The molecule has 26 heavy (non-hydrogen) atoms. The van der Waals surface area contributed by atoms with E-state index in [9.17, 15) is 16.8 Å². The Labute approximate surface area is 150 Å². The first-order valence-electron chi connectivity index (χ1n) is 7.27. The van der Waals surface area contributed by atoms with Crippen molar-refractivity contribution in [2.75, 3.05) is 33.2 Å². The molecule has 8 nitrogen and oxygen atoms in total. The van der Waals surface area contributed by atoms with Gasteiger partial charge in [-0.15, -0.1) is 9.03 Å². The summed E-state index contributed by atoms with van der Waals surface area (Å²) in [5.74, 6) is 0. The normalized spacial score (nSPS) is 43.9. The molecule has 0 saturated heterocycles. The van der Waals surface area contributed by atoms with Crippen LogP contribution >= 0.6 is 38.3 Å². The van der Waals surface area contributed by atoms with E-state index in [1.165, 1.54) is 20.8 Å². The molecule has 0 fully saturated rings. The lowest BCUT2D eigenvalue weighted by Gasteiger charge is -2.21. The van der Waals surface area contributed by atoms with Crippen LogP contribution < -0.4 is 0 Å². The van der Waals surface area contributed by atoms with Crippen molar-refractivity contribution in [3.05, 3.63) is 0 Å². The van der Waals surface area contributed by atoms with Crippen LogP contribution in [-0.2, 0) is 13.6 Å². The molecule has 156 valence electrons. The standard InChI is InChI=1S/C8H21F5N5O3P5/c1-6-19-24(11)15-22(4,9)14-23(5,10)16-25(12,20-7-2)18-26(13,17-24)21-8-3/h6-8H2,1-5H3. The first-order chi connectivity index (χ1) is 11.7. The average molecular weight is 485 g/mol. The van der Waals surface area contributed by atoms with Gasteiger partial charge in [-0.05, 0) is 20.8 Å². The van der Waals surface area contributed by atoms with E-state index < -0.39 is 38.3 Å². The van der Waals surface area contributed by atoms with Crippen LogP contribution in [0.1, 0.15) is 20.8 Å². The second kappa shape index (κ2) is 9.00. The highest BCUT2D eigenvalue weighted by Gasteiger charge is 2.38. The van der Waals surface area contributed by atoms with Crippen molar-refractivity contribution in [3.8, 4) is 0 Å². The van der Waals surface area contributed by atoms with Crippen LogP contribution in [0.3, 0.4) is 0 Å². The van der Waals surface area contributed by atoms with Crippen LogP contribution in [0.5, 0.6) is 0 Å². The van der Waals surface area contributed by atoms with Crippen molar-refractivity contribution in [2.24, 2.45) is 22.6 Å². The van der Waals surface area contributed by atoms with Crippen molar-refractivity contribution in [3.63, 3.8) is 0 Å². The van der Waals surface area contributed by atoms with Crippen molar-refractivity contribution >= 4 is 38.3 Å². The Bertz CT molecular complexity index is 791. The molecule has 5 unspecified atom stereocenters. The zero-order valence-electron chi connectivity index (χ0n) is 14.7. The summed E-state index contributed by atoms with van der Waals surface area (Å²) in [7, 11) is -24.1. The molecule has 0 amide bonds. The Balaban J connectivity index is 4.06. The Hall–Kier alpha value is 0.680. The van der Waals surface area contributed by atoms with Gasteiger partial charge in [0, 0.05) is 13.3 Å². The maximum Gasteiger partial charge on any atom is 0.387 e. The van der Waals surface area contributed by atoms with Crippen molar-refractivity contribution in [2.45, 2.75) is 20.8 Å². The average Bonchev–Trinajstić information content (AvgIpc) is 2.32. The van der Waals surface area contributed by atoms with Gasteiger partial charge >= 0.3 is 23.2 Å². The molecule has 18 heteroatoms. The Morgan fingerprint density at radius 2 is 0.846 bits per heavy atom. The molecule has 1 aliphatic heterocycles. The predicted molar refractivity (Wildman–Crippen MR) is 99.0 cm³/mol. The third-order valence-electron chi connectivity index (χ3n) is 2.20. The van der Waals surface area contributed by atoms with Gasteiger partial charge in [-0.25, -0.2) is 0 Å². The smallest absolute Gasteiger partial charge is 0.303 e. The fraction of sp³-hybridized carbons (Fsp3) is 1.00. The van der Waals surface area contributed by atoms with E-state index in [1.807, 2.05) is 0 Å². The first-order valence-corrected chi connectivity index (χ1v) is 15.8. The summed E-state index contributed by atoms with van der Waals surface area (Å²) in [6.07, 6.45) is 0. The lowest BCUT2D eigenvalue weighted by Crippen LogP contribution is -1.89. The minimum atomic E-state index is -5.08. The number of halogens is 5. The minimum absolute atomic E-state index is 0.350. The SMILES string of the molecule is CCOP1(F)=NP(C)(F)=NP(C)(F)=NP(F)(OCC)=NP(F)(OCC)=N1. The van der Waals surface area contributed by atoms with E-state index in [0.717, 1.165) is 0 Å². The van der Waals surface area contributed by atoms with E-state index in [-0.39, 0.29) is 19.8 Å². The van der Waals surface area contributed by atoms with E-state index in [1.54, 1.807) is 0 Å². The van der Waals surface area contributed by atoms with Crippen LogP contribution in [0.4, 0.5) is 21.0 Å². The molecule has 0 bridgehead atoms. The van der Waals surface area contributed by atoms with Gasteiger partial charge in [-0.3, -0.25) is 0 Å².